The summed E-state index contributed by atoms with van der Waals surface area (Å²) in [5.74, 6) is 4.82. The standard InChI is InChI=1S/C13H13BrN6O/c1-7-11(4-9(15)6-17-7)19-13(21)12(20-16)10-3-2-8(14)5-18-10/h2-6H,15-16H2,1H3,(H,19,21). The number of hydrogen-bond donors (Lipinski definition) is 3. The number of nitrogens with one attached hydrogen (secondary N) is 1. The Kier molecular flexibility index (Phi) is 4.49. The molecule has 2 heterocycles. The minimum Gasteiger partial charge on any atom is -0.397 e. The summed E-state index contributed by atoms with van der Waals surface area (Å²) < 4.78 is 0.791. The van der Waals surface area contributed by atoms with Crippen molar-refractivity contribution in [3.63, 3.8) is 0 Å². The molecule has 7 nitrogen and oxygen atoms in total. The second kappa shape index (κ2) is 6.31. The van der Waals surface area contributed by atoms with Gasteiger partial charge in [0.05, 0.1) is 29.0 Å². The van der Waals surface area contributed by atoms with Gasteiger partial charge in [0.1, 0.15) is 0 Å². The normalized spacial score (nSPS) is 11.2. The van der Waals surface area contributed by atoms with Crippen molar-refractivity contribution < 1.29 is 4.79 Å². The zero-order chi connectivity index (χ0) is 15.4. The number of rotatable bonds is 3. The molecule has 0 saturated carbocycles. The molecule has 2 aromatic rings. The number of carbonyl (C=O) groups excluding carboxylic acids is 1. The van der Waals surface area contributed by atoms with E-state index in [4.69, 9.17) is 11.6 Å². The van der Waals surface area contributed by atoms with Gasteiger partial charge in [-0.15, -0.1) is 0 Å². The molecular formula is C13H13BrN6O. The fourth-order valence-electron chi connectivity index (χ4n) is 1.61. The van der Waals surface area contributed by atoms with Crippen molar-refractivity contribution in [1.29, 1.82) is 0 Å². The Hall–Kier alpha value is -2.48. The predicted octanol–water partition coefficient (Wildman–Crippen LogP) is 1.43. The summed E-state index contributed by atoms with van der Waals surface area (Å²) in [7, 11) is 0. The molecule has 0 aliphatic rings. The summed E-state index contributed by atoms with van der Waals surface area (Å²) in [5, 5.41) is 6.18. The van der Waals surface area contributed by atoms with Crippen LogP contribution in [0.2, 0.25) is 0 Å². The zero-order valence-electron chi connectivity index (χ0n) is 11.2. The molecule has 2 aromatic heterocycles. The van der Waals surface area contributed by atoms with Crippen LogP contribution < -0.4 is 16.9 Å². The van der Waals surface area contributed by atoms with Crippen molar-refractivity contribution in [2.45, 2.75) is 6.92 Å². The van der Waals surface area contributed by atoms with E-state index >= 15 is 0 Å². The van der Waals surface area contributed by atoms with E-state index in [-0.39, 0.29) is 5.71 Å². The van der Waals surface area contributed by atoms with E-state index in [9.17, 15) is 4.79 Å². The van der Waals surface area contributed by atoms with Gasteiger partial charge in [0, 0.05) is 10.7 Å². The third-order valence-corrected chi connectivity index (χ3v) is 3.14. The van der Waals surface area contributed by atoms with E-state index in [0.717, 1.165) is 4.47 Å². The average Bonchev–Trinajstić information content (AvgIpc) is 2.46. The minimum absolute atomic E-state index is 0.0179. The second-order valence-electron chi connectivity index (χ2n) is 4.20. The summed E-state index contributed by atoms with van der Waals surface area (Å²) in [6.07, 6.45) is 3.07. The molecule has 5 N–H and O–H groups in total. The van der Waals surface area contributed by atoms with Crippen molar-refractivity contribution in [3.8, 4) is 0 Å². The number of aromatic nitrogens is 2. The lowest BCUT2D eigenvalue weighted by Gasteiger charge is -2.09. The largest absolute Gasteiger partial charge is 0.397 e. The molecule has 8 heteroatoms. The Morgan fingerprint density at radius 2 is 2.10 bits per heavy atom. The van der Waals surface area contributed by atoms with Crippen LogP contribution in [0.5, 0.6) is 0 Å². The van der Waals surface area contributed by atoms with Crippen molar-refractivity contribution in [2.24, 2.45) is 10.9 Å². The number of nitrogens with two attached hydrogens (primary N) is 2. The number of pyridine rings is 2. The Morgan fingerprint density at radius 3 is 2.71 bits per heavy atom. The molecule has 0 bridgehead atoms. The number of halogens is 1. The number of hydrazone groups is 1. The molecule has 0 spiro atoms. The molecule has 0 aromatic carbocycles. The van der Waals surface area contributed by atoms with E-state index in [1.807, 2.05) is 0 Å². The van der Waals surface area contributed by atoms with Gasteiger partial charge in [0.15, 0.2) is 5.71 Å². The van der Waals surface area contributed by atoms with Gasteiger partial charge < -0.3 is 16.9 Å². The first-order valence-electron chi connectivity index (χ1n) is 5.94. The van der Waals surface area contributed by atoms with Gasteiger partial charge in [-0.05, 0) is 41.1 Å². The monoisotopic (exact) mass is 348 g/mol. The molecule has 0 radical (unpaired) electrons. The Labute approximate surface area is 129 Å². The van der Waals surface area contributed by atoms with Crippen LogP contribution in [-0.4, -0.2) is 21.6 Å². The Balaban J connectivity index is 2.25. The van der Waals surface area contributed by atoms with E-state index < -0.39 is 5.91 Å². The molecule has 2 rings (SSSR count). The van der Waals surface area contributed by atoms with Crippen LogP contribution in [0.3, 0.4) is 0 Å². The molecule has 0 aliphatic heterocycles. The van der Waals surface area contributed by atoms with E-state index in [2.05, 4.69) is 36.3 Å². The van der Waals surface area contributed by atoms with E-state index in [1.165, 1.54) is 6.20 Å². The van der Waals surface area contributed by atoms with Gasteiger partial charge in [-0.2, -0.15) is 5.10 Å². The number of amides is 1. The van der Waals surface area contributed by atoms with Gasteiger partial charge in [-0.3, -0.25) is 14.8 Å². The quantitative estimate of drug-likeness (QED) is 0.440. The number of carbonyl (C=O) groups is 1. The molecule has 0 aliphatic carbocycles. The van der Waals surface area contributed by atoms with Crippen LogP contribution in [-0.2, 0) is 4.79 Å². The van der Waals surface area contributed by atoms with Gasteiger partial charge >= 0.3 is 0 Å². The third-order valence-electron chi connectivity index (χ3n) is 2.67. The van der Waals surface area contributed by atoms with Crippen LogP contribution in [0.25, 0.3) is 0 Å². The van der Waals surface area contributed by atoms with E-state index in [1.54, 1.807) is 31.3 Å². The van der Waals surface area contributed by atoms with Crippen LogP contribution in [0, 0.1) is 6.92 Å². The van der Waals surface area contributed by atoms with Crippen molar-refractivity contribution >= 4 is 38.9 Å². The molecule has 0 fully saturated rings. The molecule has 0 atom stereocenters. The average molecular weight is 349 g/mol. The number of anilines is 2. The highest BCUT2D eigenvalue weighted by Crippen LogP contribution is 2.16. The Bertz CT molecular complexity index is 698. The third kappa shape index (κ3) is 3.54. The first kappa shape index (κ1) is 14.9. The minimum atomic E-state index is -0.483. The Morgan fingerprint density at radius 1 is 1.33 bits per heavy atom. The van der Waals surface area contributed by atoms with Crippen molar-refractivity contribution in [2.75, 3.05) is 11.1 Å². The summed E-state index contributed by atoms with van der Waals surface area (Å²) in [4.78, 5) is 20.4. The van der Waals surface area contributed by atoms with Crippen LogP contribution in [0.1, 0.15) is 11.4 Å². The summed E-state index contributed by atoms with van der Waals surface area (Å²) in [6, 6.07) is 5.00. The highest BCUT2D eigenvalue weighted by Gasteiger charge is 2.16. The molecular weight excluding hydrogens is 336 g/mol. The number of aryl methyl sites for hydroxylation is 1. The maximum Gasteiger partial charge on any atom is 0.278 e. The van der Waals surface area contributed by atoms with Gasteiger partial charge in [0.2, 0.25) is 0 Å². The topological polar surface area (TPSA) is 119 Å². The lowest BCUT2D eigenvalue weighted by Crippen LogP contribution is -2.26. The van der Waals surface area contributed by atoms with Crippen molar-refractivity contribution in [3.05, 3.63) is 46.5 Å². The van der Waals surface area contributed by atoms with Crippen molar-refractivity contribution in [1.82, 2.24) is 9.97 Å². The maximum atomic E-state index is 12.3. The lowest BCUT2D eigenvalue weighted by molar-refractivity contribution is -0.110. The fraction of sp³-hybridized carbons (Fsp3) is 0.0769. The summed E-state index contributed by atoms with van der Waals surface area (Å²) in [6.45, 7) is 1.76. The summed E-state index contributed by atoms with van der Waals surface area (Å²) >= 11 is 3.27. The number of nitrogens with zero attached hydrogens (tertiary/aromatic N) is 3. The smallest absolute Gasteiger partial charge is 0.278 e. The highest BCUT2D eigenvalue weighted by atomic mass is 79.9. The van der Waals surface area contributed by atoms with Gasteiger partial charge in [-0.1, -0.05) is 0 Å². The van der Waals surface area contributed by atoms with E-state index in [0.29, 0.717) is 22.8 Å². The first-order chi connectivity index (χ1) is 10.0. The number of nitrogen functional groups attached to an aromatic ring is 1. The molecule has 0 saturated heterocycles. The van der Waals surface area contributed by atoms with Crippen LogP contribution in [0.15, 0.2) is 40.2 Å². The molecule has 21 heavy (non-hydrogen) atoms. The predicted molar refractivity (Wildman–Crippen MR) is 84.7 cm³/mol. The molecule has 108 valence electrons. The highest BCUT2D eigenvalue weighted by molar-refractivity contribution is 9.10. The van der Waals surface area contributed by atoms with Crippen LogP contribution in [0.4, 0.5) is 11.4 Å². The van der Waals surface area contributed by atoms with Gasteiger partial charge in [-0.25, -0.2) is 0 Å². The fourth-order valence-corrected chi connectivity index (χ4v) is 1.85. The second-order valence-corrected chi connectivity index (χ2v) is 5.11. The number of hydrogen-bond acceptors (Lipinski definition) is 6. The maximum absolute atomic E-state index is 12.3. The van der Waals surface area contributed by atoms with Crippen LogP contribution >= 0.6 is 15.9 Å². The molecule has 0 unspecified atom stereocenters. The zero-order valence-corrected chi connectivity index (χ0v) is 12.8. The lowest BCUT2D eigenvalue weighted by atomic mass is 10.2. The molecule has 1 amide bonds. The van der Waals surface area contributed by atoms with Gasteiger partial charge in [0.25, 0.3) is 5.91 Å². The SMILES string of the molecule is Cc1ncc(N)cc1NC(=O)C(=NN)c1ccc(Br)cn1. The first-order valence-corrected chi connectivity index (χ1v) is 6.74. The summed E-state index contributed by atoms with van der Waals surface area (Å²) in [5.41, 5.74) is 7.62.